The number of benzene rings is 1. The standard InChI is InChI=1S/C15H21Cl2NO/c1-4-15(3)13(9-14(15)19-5-2)18-10-6-7-11(16)12(17)8-10/h6-8,13-14,18H,4-5,9H2,1-3H3. The molecule has 19 heavy (non-hydrogen) atoms. The van der Waals surface area contributed by atoms with Crippen LogP contribution in [0, 0.1) is 5.41 Å². The van der Waals surface area contributed by atoms with Crippen LogP contribution in [-0.2, 0) is 4.74 Å². The predicted molar refractivity (Wildman–Crippen MR) is 82.3 cm³/mol. The molecule has 1 fully saturated rings. The van der Waals surface area contributed by atoms with Crippen LogP contribution < -0.4 is 5.32 Å². The Hall–Kier alpha value is -0.440. The largest absolute Gasteiger partial charge is 0.382 e. The van der Waals surface area contributed by atoms with E-state index in [1.54, 1.807) is 0 Å². The molecule has 0 amide bonds. The summed E-state index contributed by atoms with van der Waals surface area (Å²) in [4.78, 5) is 0. The first-order valence-corrected chi connectivity index (χ1v) is 7.60. The average molecular weight is 302 g/mol. The van der Waals surface area contributed by atoms with Gasteiger partial charge in [0.15, 0.2) is 0 Å². The van der Waals surface area contributed by atoms with Crippen molar-refractivity contribution in [3.63, 3.8) is 0 Å². The fraction of sp³-hybridized carbons (Fsp3) is 0.600. The molecule has 1 aliphatic carbocycles. The van der Waals surface area contributed by atoms with E-state index in [2.05, 4.69) is 26.1 Å². The first-order chi connectivity index (χ1) is 9.01. The van der Waals surface area contributed by atoms with E-state index in [0.29, 0.717) is 22.2 Å². The Kier molecular flexibility index (Phi) is 4.65. The molecule has 2 nitrogen and oxygen atoms in total. The number of nitrogens with one attached hydrogen (secondary N) is 1. The third-order valence-electron chi connectivity index (χ3n) is 4.37. The summed E-state index contributed by atoms with van der Waals surface area (Å²) >= 11 is 12.0. The minimum Gasteiger partial charge on any atom is -0.382 e. The highest BCUT2D eigenvalue weighted by molar-refractivity contribution is 6.42. The summed E-state index contributed by atoms with van der Waals surface area (Å²) in [5, 5.41) is 4.73. The molecule has 1 saturated carbocycles. The van der Waals surface area contributed by atoms with E-state index < -0.39 is 0 Å². The van der Waals surface area contributed by atoms with E-state index >= 15 is 0 Å². The zero-order valence-corrected chi connectivity index (χ0v) is 13.2. The fourth-order valence-corrected chi connectivity index (χ4v) is 3.06. The number of ether oxygens (including phenoxy) is 1. The molecule has 106 valence electrons. The van der Waals surface area contributed by atoms with Crippen molar-refractivity contribution >= 4 is 28.9 Å². The molecule has 0 radical (unpaired) electrons. The summed E-state index contributed by atoms with van der Waals surface area (Å²) in [5.41, 5.74) is 1.20. The lowest BCUT2D eigenvalue weighted by molar-refractivity contribution is -0.109. The normalized spacial score (nSPS) is 29.9. The highest BCUT2D eigenvalue weighted by Gasteiger charge is 2.51. The Morgan fingerprint density at radius 2 is 2.05 bits per heavy atom. The molecule has 1 N–H and O–H groups in total. The van der Waals surface area contributed by atoms with Gasteiger partial charge in [-0.05, 0) is 38.0 Å². The highest BCUT2D eigenvalue weighted by Crippen LogP contribution is 2.47. The van der Waals surface area contributed by atoms with Gasteiger partial charge in [-0.2, -0.15) is 0 Å². The molecule has 0 aromatic heterocycles. The second kappa shape index (κ2) is 5.90. The number of halogens is 2. The Bertz CT molecular complexity index is 452. The monoisotopic (exact) mass is 301 g/mol. The Morgan fingerprint density at radius 1 is 1.32 bits per heavy atom. The summed E-state index contributed by atoms with van der Waals surface area (Å²) in [6.07, 6.45) is 2.48. The van der Waals surface area contributed by atoms with Gasteiger partial charge in [0, 0.05) is 23.8 Å². The van der Waals surface area contributed by atoms with Crippen molar-refractivity contribution in [2.24, 2.45) is 5.41 Å². The quantitative estimate of drug-likeness (QED) is 0.826. The van der Waals surface area contributed by atoms with Gasteiger partial charge in [0.25, 0.3) is 0 Å². The highest BCUT2D eigenvalue weighted by atomic mass is 35.5. The maximum Gasteiger partial charge on any atom is 0.0667 e. The van der Waals surface area contributed by atoms with E-state index in [4.69, 9.17) is 27.9 Å². The van der Waals surface area contributed by atoms with Crippen LogP contribution in [0.15, 0.2) is 18.2 Å². The first-order valence-electron chi connectivity index (χ1n) is 6.84. The van der Waals surface area contributed by atoms with Crippen LogP contribution in [0.25, 0.3) is 0 Å². The lowest BCUT2D eigenvalue weighted by atomic mass is 9.61. The first kappa shape index (κ1) is 15.0. The Morgan fingerprint density at radius 3 is 2.63 bits per heavy atom. The van der Waals surface area contributed by atoms with Crippen LogP contribution in [-0.4, -0.2) is 18.8 Å². The summed E-state index contributed by atoms with van der Waals surface area (Å²) in [7, 11) is 0. The molecule has 2 rings (SSSR count). The average Bonchev–Trinajstić information content (AvgIpc) is 2.40. The van der Waals surface area contributed by atoms with Gasteiger partial charge < -0.3 is 10.1 Å². The van der Waals surface area contributed by atoms with Gasteiger partial charge in [-0.3, -0.25) is 0 Å². The molecule has 4 heteroatoms. The van der Waals surface area contributed by atoms with Crippen LogP contribution in [0.2, 0.25) is 10.0 Å². The number of hydrogen-bond acceptors (Lipinski definition) is 2. The van der Waals surface area contributed by atoms with Crippen LogP contribution in [0.1, 0.15) is 33.6 Å². The van der Waals surface area contributed by atoms with E-state index in [-0.39, 0.29) is 5.41 Å². The molecule has 1 aromatic rings. The summed E-state index contributed by atoms with van der Waals surface area (Å²) in [6.45, 7) is 7.33. The molecule has 0 aliphatic heterocycles. The zero-order chi connectivity index (χ0) is 14.0. The van der Waals surface area contributed by atoms with E-state index in [1.807, 2.05) is 18.2 Å². The molecule has 1 aliphatic rings. The maximum atomic E-state index is 6.05. The van der Waals surface area contributed by atoms with Gasteiger partial charge in [-0.25, -0.2) is 0 Å². The van der Waals surface area contributed by atoms with Gasteiger partial charge in [0.2, 0.25) is 0 Å². The third-order valence-corrected chi connectivity index (χ3v) is 5.11. The van der Waals surface area contributed by atoms with Crippen molar-refractivity contribution in [1.82, 2.24) is 0 Å². The molecule has 0 spiro atoms. The van der Waals surface area contributed by atoms with E-state index in [1.165, 1.54) is 0 Å². The molecule has 0 saturated heterocycles. The van der Waals surface area contributed by atoms with Crippen LogP contribution in [0.3, 0.4) is 0 Å². The smallest absolute Gasteiger partial charge is 0.0667 e. The number of hydrogen-bond donors (Lipinski definition) is 1. The Balaban J connectivity index is 2.05. The molecule has 1 aromatic carbocycles. The lowest BCUT2D eigenvalue weighted by Crippen LogP contribution is -2.59. The maximum absolute atomic E-state index is 6.05. The summed E-state index contributed by atoms with van der Waals surface area (Å²) < 4.78 is 5.81. The second-order valence-corrected chi connectivity index (χ2v) is 6.18. The van der Waals surface area contributed by atoms with Gasteiger partial charge in [0.05, 0.1) is 16.1 Å². The molecular weight excluding hydrogens is 281 g/mol. The van der Waals surface area contributed by atoms with Gasteiger partial charge in [-0.15, -0.1) is 0 Å². The van der Waals surface area contributed by atoms with Crippen molar-refractivity contribution in [1.29, 1.82) is 0 Å². The van der Waals surface area contributed by atoms with Gasteiger partial charge >= 0.3 is 0 Å². The van der Waals surface area contributed by atoms with E-state index in [0.717, 1.165) is 25.1 Å². The lowest BCUT2D eigenvalue weighted by Gasteiger charge is -2.54. The summed E-state index contributed by atoms with van der Waals surface area (Å²) in [6, 6.07) is 6.10. The van der Waals surface area contributed by atoms with Crippen molar-refractivity contribution in [2.75, 3.05) is 11.9 Å². The van der Waals surface area contributed by atoms with Crippen LogP contribution in [0.4, 0.5) is 5.69 Å². The van der Waals surface area contributed by atoms with Crippen LogP contribution >= 0.6 is 23.2 Å². The topological polar surface area (TPSA) is 21.3 Å². The minimum atomic E-state index is 0.183. The molecule has 3 unspecified atom stereocenters. The molecule has 0 heterocycles. The van der Waals surface area contributed by atoms with Crippen molar-refractivity contribution < 1.29 is 4.74 Å². The SMILES string of the molecule is CCOC1CC(Nc2ccc(Cl)c(Cl)c2)C1(C)CC. The molecular formula is C15H21Cl2NO. The van der Waals surface area contributed by atoms with Gasteiger partial charge in [0.1, 0.15) is 0 Å². The molecule has 0 bridgehead atoms. The van der Waals surface area contributed by atoms with Crippen molar-refractivity contribution in [3.8, 4) is 0 Å². The minimum absolute atomic E-state index is 0.183. The number of anilines is 1. The third kappa shape index (κ3) is 2.86. The Labute approximate surface area is 125 Å². The molecule has 3 atom stereocenters. The summed E-state index contributed by atoms with van der Waals surface area (Å²) in [5.74, 6) is 0. The van der Waals surface area contributed by atoms with Gasteiger partial charge in [-0.1, -0.05) is 37.0 Å². The van der Waals surface area contributed by atoms with Crippen molar-refractivity contribution in [2.45, 2.75) is 45.8 Å². The van der Waals surface area contributed by atoms with Crippen LogP contribution in [0.5, 0.6) is 0 Å². The van der Waals surface area contributed by atoms with Crippen molar-refractivity contribution in [3.05, 3.63) is 28.2 Å². The zero-order valence-electron chi connectivity index (χ0n) is 11.7. The number of rotatable bonds is 5. The van der Waals surface area contributed by atoms with E-state index in [9.17, 15) is 0 Å². The predicted octanol–water partition coefficient (Wildman–Crippen LogP) is 5.00. The second-order valence-electron chi connectivity index (χ2n) is 5.36. The fourth-order valence-electron chi connectivity index (χ4n) is 2.76.